The normalized spacial score (nSPS) is 21.6. The summed E-state index contributed by atoms with van der Waals surface area (Å²) in [6.45, 7) is 4.02. The molecule has 2 aliphatic rings. The van der Waals surface area contributed by atoms with Crippen molar-refractivity contribution in [3.05, 3.63) is 48.0 Å². The molecule has 1 fully saturated rings. The number of allylic oxidation sites excluding steroid dienone is 2. The highest BCUT2D eigenvalue weighted by Crippen LogP contribution is 2.24. The first-order chi connectivity index (χ1) is 11.7. The van der Waals surface area contributed by atoms with Crippen LogP contribution >= 0.6 is 0 Å². The summed E-state index contributed by atoms with van der Waals surface area (Å²) < 4.78 is 0. The molecular formula is C21H30N2O. The van der Waals surface area contributed by atoms with Crippen LogP contribution in [-0.2, 0) is 11.3 Å². The monoisotopic (exact) mass is 326 g/mol. The van der Waals surface area contributed by atoms with Gasteiger partial charge in [0.2, 0.25) is 5.91 Å². The van der Waals surface area contributed by atoms with Crippen molar-refractivity contribution in [1.29, 1.82) is 0 Å². The standard InChI is InChI=1S/C21H30N2O/c1-22(16-19-9-3-2-4-10-19)17-20-11-13-23(14-12-20)21(24)15-18-7-5-6-8-18/h2-5,7,9-10,18,20H,6,8,11-17H2,1H3. The Labute approximate surface area is 146 Å². The Morgan fingerprint density at radius 3 is 2.58 bits per heavy atom. The minimum atomic E-state index is 0.364. The third-order valence-electron chi connectivity index (χ3n) is 5.38. The Hall–Kier alpha value is -1.61. The average Bonchev–Trinajstić information content (AvgIpc) is 3.09. The second-order valence-corrected chi connectivity index (χ2v) is 7.48. The van der Waals surface area contributed by atoms with Gasteiger partial charge < -0.3 is 9.80 Å². The lowest BCUT2D eigenvalue weighted by Crippen LogP contribution is -2.41. The summed E-state index contributed by atoms with van der Waals surface area (Å²) in [5.41, 5.74) is 1.37. The topological polar surface area (TPSA) is 23.6 Å². The zero-order valence-electron chi connectivity index (χ0n) is 14.9. The lowest BCUT2D eigenvalue weighted by atomic mass is 9.95. The number of hydrogen-bond donors (Lipinski definition) is 0. The Bertz CT molecular complexity index is 546. The van der Waals surface area contributed by atoms with E-state index in [0.29, 0.717) is 17.7 Å². The van der Waals surface area contributed by atoms with Gasteiger partial charge in [-0.15, -0.1) is 0 Å². The minimum absolute atomic E-state index is 0.364. The van der Waals surface area contributed by atoms with Gasteiger partial charge in [0.15, 0.2) is 0 Å². The summed E-state index contributed by atoms with van der Waals surface area (Å²) in [5.74, 6) is 1.57. The van der Waals surface area contributed by atoms with Crippen LogP contribution < -0.4 is 0 Å². The van der Waals surface area contributed by atoms with Crippen molar-refractivity contribution in [2.75, 3.05) is 26.7 Å². The molecule has 1 atom stereocenters. The van der Waals surface area contributed by atoms with Crippen molar-refractivity contribution in [2.45, 2.75) is 38.6 Å². The van der Waals surface area contributed by atoms with E-state index >= 15 is 0 Å². The molecule has 0 N–H and O–H groups in total. The lowest BCUT2D eigenvalue weighted by molar-refractivity contribution is -0.133. The summed E-state index contributed by atoms with van der Waals surface area (Å²) in [6, 6.07) is 10.7. The van der Waals surface area contributed by atoms with Gasteiger partial charge in [-0.2, -0.15) is 0 Å². The SMILES string of the molecule is CN(Cc1ccccc1)CC1CCN(C(=O)CC2C=CCC2)CC1. The third-order valence-corrected chi connectivity index (χ3v) is 5.38. The molecule has 1 aliphatic heterocycles. The molecule has 1 amide bonds. The fourth-order valence-electron chi connectivity index (χ4n) is 3.98. The molecular weight excluding hydrogens is 296 g/mol. The van der Waals surface area contributed by atoms with Crippen molar-refractivity contribution >= 4 is 5.91 Å². The van der Waals surface area contributed by atoms with Gasteiger partial charge in [-0.25, -0.2) is 0 Å². The predicted octanol–water partition coefficient (Wildman–Crippen LogP) is 3.71. The number of rotatable bonds is 6. The predicted molar refractivity (Wildman–Crippen MR) is 98.6 cm³/mol. The van der Waals surface area contributed by atoms with Crippen molar-refractivity contribution in [2.24, 2.45) is 11.8 Å². The smallest absolute Gasteiger partial charge is 0.223 e. The van der Waals surface area contributed by atoms with Crippen LogP contribution in [0.2, 0.25) is 0 Å². The highest BCUT2D eigenvalue weighted by Gasteiger charge is 2.25. The fourth-order valence-corrected chi connectivity index (χ4v) is 3.98. The van der Waals surface area contributed by atoms with Gasteiger partial charge in [-0.3, -0.25) is 4.79 Å². The van der Waals surface area contributed by atoms with Gasteiger partial charge in [0.25, 0.3) is 0 Å². The number of carbonyl (C=O) groups excluding carboxylic acids is 1. The van der Waals surface area contributed by atoms with Gasteiger partial charge in [-0.05, 0) is 50.1 Å². The van der Waals surface area contributed by atoms with Crippen molar-refractivity contribution in [1.82, 2.24) is 9.80 Å². The molecule has 3 heteroatoms. The van der Waals surface area contributed by atoms with Gasteiger partial charge in [0.05, 0.1) is 0 Å². The quantitative estimate of drug-likeness (QED) is 0.744. The molecule has 3 rings (SSSR count). The first-order valence-corrected chi connectivity index (χ1v) is 9.37. The highest BCUT2D eigenvalue weighted by atomic mass is 16.2. The second-order valence-electron chi connectivity index (χ2n) is 7.48. The van der Waals surface area contributed by atoms with E-state index in [1.807, 2.05) is 0 Å². The maximum atomic E-state index is 12.4. The number of amides is 1. The molecule has 0 radical (unpaired) electrons. The fraction of sp³-hybridized carbons (Fsp3) is 0.571. The van der Waals surface area contributed by atoms with E-state index in [1.54, 1.807) is 0 Å². The van der Waals surface area contributed by atoms with Crippen LogP contribution in [0.4, 0.5) is 0 Å². The van der Waals surface area contributed by atoms with Gasteiger partial charge >= 0.3 is 0 Å². The Morgan fingerprint density at radius 2 is 1.92 bits per heavy atom. The van der Waals surface area contributed by atoms with Gasteiger partial charge in [-0.1, -0.05) is 42.5 Å². The number of benzene rings is 1. The molecule has 24 heavy (non-hydrogen) atoms. The number of hydrogen-bond acceptors (Lipinski definition) is 2. The highest BCUT2D eigenvalue weighted by molar-refractivity contribution is 5.76. The van der Waals surface area contributed by atoms with Crippen LogP contribution in [0.15, 0.2) is 42.5 Å². The largest absolute Gasteiger partial charge is 0.343 e. The van der Waals surface area contributed by atoms with Gasteiger partial charge in [0, 0.05) is 32.6 Å². The van der Waals surface area contributed by atoms with Crippen LogP contribution in [0.25, 0.3) is 0 Å². The van der Waals surface area contributed by atoms with E-state index in [9.17, 15) is 4.79 Å². The second kappa shape index (κ2) is 8.48. The van der Waals surface area contributed by atoms with Crippen molar-refractivity contribution in [3.63, 3.8) is 0 Å². The molecule has 0 aromatic heterocycles. The van der Waals surface area contributed by atoms with Crippen LogP contribution in [0, 0.1) is 11.8 Å². The van der Waals surface area contributed by atoms with E-state index in [-0.39, 0.29) is 0 Å². The van der Waals surface area contributed by atoms with Gasteiger partial charge in [0.1, 0.15) is 0 Å². The number of carbonyl (C=O) groups is 1. The molecule has 1 heterocycles. The van der Waals surface area contributed by atoms with E-state index in [1.165, 1.54) is 5.56 Å². The van der Waals surface area contributed by atoms with Crippen molar-refractivity contribution < 1.29 is 4.79 Å². The zero-order valence-corrected chi connectivity index (χ0v) is 14.9. The first kappa shape index (κ1) is 17.2. The lowest BCUT2D eigenvalue weighted by Gasteiger charge is -2.34. The average molecular weight is 326 g/mol. The maximum Gasteiger partial charge on any atom is 0.223 e. The Kier molecular flexibility index (Phi) is 6.08. The summed E-state index contributed by atoms with van der Waals surface area (Å²) in [4.78, 5) is 16.9. The molecule has 1 unspecified atom stereocenters. The summed E-state index contributed by atoms with van der Waals surface area (Å²) in [5, 5.41) is 0. The van der Waals surface area contributed by atoms with E-state index in [2.05, 4.69) is 59.3 Å². The molecule has 130 valence electrons. The molecule has 0 spiro atoms. The Balaban J connectivity index is 1.38. The zero-order chi connectivity index (χ0) is 16.8. The van der Waals surface area contributed by atoms with Crippen molar-refractivity contribution in [3.8, 4) is 0 Å². The number of nitrogens with zero attached hydrogens (tertiary/aromatic N) is 2. The van der Waals surface area contributed by atoms with Crippen LogP contribution in [0.3, 0.4) is 0 Å². The molecule has 1 aromatic rings. The molecule has 0 bridgehead atoms. The van der Waals surface area contributed by atoms with E-state index < -0.39 is 0 Å². The van der Waals surface area contributed by atoms with E-state index in [0.717, 1.165) is 58.3 Å². The van der Waals surface area contributed by atoms with Crippen LogP contribution in [0.1, 0.15) is 37.7 Å². The summed E-state index contributed by atoms with van der Waals surface area (Å²) in [7, 11) is 2.21. The first-order valence-electron chi connectivity index (χ1n) is 9.37. The summed E-state index contributed by atoms with van der Waals surface area (Å²) >= 11 is 0. The molecule has 1 aliphatic carbocycles. The number of likely N-dealkylation sites (tertiary alicyclic amines) is 1. The van der Waals surface area contributed by atoms with Crippen LogP contribution in [-0.4, -0.2) is 42.4 Å². The van der Waals surface area contributed by atoms with E-state index in [4.69, 9.17) is 0 Å². The Morgan fingerprint density at radius 1 is 1.17 bits per heavy atom. The minimum Gasteiger partial charge on any atom is -0.343 e. The maximum absolute atomic E-state index is 12.4. The molecule has 0 saturated carbocycles. The van der Waals surface area contributed by atoms with Crippen LogP contribution in [0.5, 0.6) is 0 Å². The summed E-state index contributed by atoms with van der Waals surface area (Å²) in [6.07, 6.45) is 9.75. The number of piperidine rings is 1. The molecule has 1 aromatic carbocycles. The molecule has 3 nitrogen and oxygen atoms in total. The third kappa shape index (κ3) is 4.94. The molecule has 1 saturated heterocycles.